The van der Waals surface area contributed by atoms with Gasteiger partial charge in [-0.05, 0) is 37.1 Å². The van der Waals surface area contributed by atoms with Gasteiger partial charge in [0.15, 0.2) is 0 Å². The summed E-state index contributed by atoms with van der Waals surface area (Å²) in [4.78, 5) is 1.96. The van der Waals surface area contributed by atoms with Crippen molar-refractivity contribution in [2.45, 2.75) is 20.0 Å². The molecule has 1 aromatic carbocycles. The number of hydrogen-bond donors (Lipinski definition) is 0. The summed E-state index contributed by atoms with van der Waals surface area (Å²) in [5.41, 5.74) is 1.07. The van der Waals surface area contributed by atoms with Gasteiger partial charge in [-0.25, -0.2) is 0 Å². The van der Waals surface area contributed by atoms with Crippen molar-refractivity contribution in [2.75, 3.05) is 31.2 Å². The van der Waals surface area contributed by atoms with Crippen LogP contribution in [0.5, 0.6) is 0 Å². The Balaban J connectivity index is 2.44. The molecule has 0 bridgehead atoms. The lowest BCUT2D eigenvalue weighted by molar-refractivity contribution is -0.138. The highest BCUT2D eigenvalue weighted by Gasteiger charge is 2.34. The summed E-state index contributed by atoms with van der Waals surface area (Å²) in [6.45, 7) is 5.64. The zero-order valence-electron chi connectivity index (χ0n) is 10.5. The lowest BCUT2D eigenvalue weighted by atomic mass is 10.0. The Bertz CT molecular complexity index is 437. The quantitative estimate of drug-likeness (QED) is 0.768. The summed E-state index contributed by atoms with van der Waals surface area (Å²) in [5.74, 6) is 0. The Labute approximate surface area is 104 Å². The second kappa shape index (κ2) is 4.80. The third kappa shape index (κ3) is 2.61. The Morgan fingerprint density at radius 3 is 2.28 bits per heavy atom. The maximum atomic E-state index is 12.9. The first-order chi connectivity index (χ1) is 8.39. The summed E-state index contributed by atoms with van der Waals surface area (Å²) in [6.07, 6.45) is -4.29. The third-order valence-electron chi connectivity index (χ3n) is 3.18. The molecule has 1 saturated heterocycles. The van der Waals surface area contributed by atoms with Crippen molar-refractivity contribution in [2.24, 2.45) is 0 Å². The SMILES string of the molecule is Cc1cc(N2CCOCC2)c(C)c(C(F)(F)F)c1. The van der Waals surface area contributed by atoms with Crippen LogP contribution in [0.2, 0.25) is 0 Å². The van der Waals surface area contributed by atoms with Gasteiger partial charge >= 0.3 is 6.18 Å². The van der Waals surface area contributed by atoms with Gasteiger partial charge in [0.05, 0.1) is 18.8 Å². The molecule has 100 valence electrons. The predicted molar refractivity (Wildman–Crippen MR) is 64.0 cm³/mol. The van der Waals surface area contributed by atoms with Crippen molar-refractivity contribution >= 4 is 5.69 Å². The monoisotopic (exact) mass is 259 g/mol. The number of ether oxygens (including phenoxy) is 1. The first-order valence-corrected chi connectivity index (χ1v) is 5.91. The van der Waals surface area contributed by atoms with E-state index in [1.54, 1.807) is 6.92 Å². The molecule has 0 unspecified atom stereocenters. The van der Waals surface area contributed by atoms with Crippen LogP contribution in [-0.4, -0.2) is 26.3 Å². The van der Waals surface area contributed by atoms with Gasteiger partial charge in [0.1, 0.15) is 0 Å². The minimum absolute atomic E-state index is 0.301. The Kier molecular flexibility index (Phi) is 3.52. The molecule has 1 heterocycles. The van der Waals surface area contributed by atoms with Gasteiger partial charge in [-0.1, -0.05) is 0 Å². The Morgan fingerprint density at radius 2 is 1.72 bits per heavy atom. The molecule has 2 nitrogen and oxygen atoms in total. The zero-order chi connectivity index (χ0) is 13.3. The van der Waals surface area contributed by atoms with Crippen LogP contribution < -0.4 is 4.90 Å². The number of aryl methyl sites for hydroxylation is 1. The van der Waals surface area contributed by atoms with Crippen molar-refractivity contribution < 1.29 is 17.9 Å². The molecule has 0 aromatic heterocycles. The van der Waals surface area contributed by atoms with Gasteiger partial charge < -0.3 is 9.64 Å². The normalized spacial score (nSPS) is 17.1. The van der Waals surface area contributed by atoms with E-state index in [-0.39, 0.29) is 0 Å². The second-order valence-electron chi connectivity index (χ2n) is 4.55. The molecule has 2 rings (SSSR count). The fourth-order valence-corrected chi connectivity index (χ4v) is 2.27. The topological polar surface area (TPSA) is 12.5 Å². The largest absolute Gasteiger partial charge is 0.416 e. The van der Waals surface area contributed by atoms with Crippen LogP contribution in [-0.2, 0) is 10.9 Å². The van der Waals surface area contributed by atoms with E-state index in [0.717, 1.165) is 0 Å². The first kappa shape index (κ1) is 13.2. The van der Waals surface area contributed by atoms with Crippen molar-refractivity contribution in [3.05, 3.63) is 28.8 Å². The molecule has 0 atom stereocenters. The predicted octanol–water partition coefficient (Wildman–Crippen LogP) is 3.16. The van der Waals surface area contributed by atoms with Crippen molar-refractivity contribution in [1.29, 1.82) is 0 Å². The maximum Gasteiger partial charge on any atom is 0.416 e. The van der Waals surface area contributed by atoms with Gasteiger partial charge in [0, 0.05) is 18.8 Å². The summed E-state index contributed by atoms with van der Waals surface area (Å²) >= 11 is 0. The number of benzene rings is 1. The molecule has 0 saturated carbocycles. The van der Waals surface area contributed by atoms with E-state index in [2.05, 4.69) is 0 Å². The number of morpholine rings is 1. The molecule has 0 spiro atoms. The third-order valence-corrected chi connectivity index (χ3v) is 3.18. The number of halogens is 3. The Hall–Kier alpha value is -1.23. The Morgan fingerprint density at radius 1 is 1.11 bits per heavy atom. The van der Waals surface area contributed by atoms with E-state index in [1.165, 1.54) is 13.0 Å². The fourth-order valence-electron chi connectivity index (χ4n) is 2.27. The highest BCUT2D eigenvalue weighted by molar-refractivity contribution is 5.59. The summed E-state index contributed by atoms with van der Waals surface area (Å²) in [6, 6.07) is 3.02. The van der Waals surface area contributed by atoms with Gasteiger partial charge in [-0.2, -0.15) is 13.2 Å². The van der Waals surface area contributed by atoms with Crippen LogP contribution in [0.3, 0.4) is 0 Å². The molecule has 0 aliphatic carbocycles. The van der Waals surface area contributed by atoms with E-state index in [1.807, 2.05) is 11.0 Å². The smallest absolute Gasteiger partial charge is 0.378 e. The maximum absolute atomic E-state index is 12.9. The number of rotatable bonds is 1. The fraction of sp³-hybridized carbons (Fsp3) is 0.538. The molecular formula is C13H16F3NO. The minimum Gasteiger partial charge on any atom is -0.378 e. The van der Waals surface area contributed by atoms with E-state index >= 15 is 0 Å². The number of nitrogens with zero attached hydrogens (tertiary/aromatic N) is 1. The van der Waals surface area contributed by atoms with Gasteiger partial charge in [-0.15, -0.1) is 0 Å². The van der Waals surface area contributed by atoms with Crippen LogP contribution in [0.15, 0.2) is 12.1 Å². The molecular weight excluding hydrogens is 243 g/mol. The highest BCUT2D eigenvalue weighted by Crippen LogP contribution is 2.37. The molecule has 18 heavy (non-hydrogen) atoms. The molecule has 1 fully saturated rings. The lowest BCUT2D eigenvalue weighted by Crippen LogP contribution is -2.37. The van der Waals surface area contributed by atoms with E-state index in [4.69, 9.17) is 4.74 Å². The summed E-state index contributed by atoms with van der Waals surface area (Å²) in [7, 11) is 0. The minimum atomic E-state index is -4.29. The van der Waals surface area contributed by atoms with Crippen molar-refractivity contribution in [3.8, 4) is 0 Å². The number of hydrogen-bond acceptors (Lipinski definition) is 2. The van der Waals surface area contributed by atoms with Crippen molar-refractivity contribution in [1.82, 2.24) is 0 Å². The molecule has 0 amide bonds. The van der Waals surface area contributed by atoms with Gasteiger partial charge in [-0.3, -0.25) is 0 Å². The highest BCUT2D eigenvalue weighted by atomic mass is 19.4. The van der Waals surface area contributed by atoms with E-state index in [0.29, 0.717) is 43.1 Å². The van der Waals surface area contributed by atoms with Crippen LogP contribution in [0.4, 0.5) is 18.9 Å². The van der Waals surface area contributed by atoms with E-state index < -0.39 is 11.7 Å². The van der Waals surface area contributed by atoms with Crippen LogP contribution in [0, 0.1) is 13.8 Å². The van der Waals surface area contributed by atoms with Gasteiger partial charge in [0.25, 0.3) is 0 Å². The summed E-state index contributed by atoms with van der Waals surface area (Å²) < 4.78 is 44.0. The van der Waals surface area contributed by atoms with Gasteiger partial charge in [0.2, 0.25) is 0 Å². The molecule has 1 aliphatic rings. The number of alkyl halides is 3. The molecule has 1 aliphatic heterocycles. The summed E-state index contributed by atoms with van der Waals surface area (Å²) in [5, 5.41) is 0. The first-order valence-electron chi connectivity index (χ1n) is 5.91. The molecule has 0 N–H and O–H groups in total. The average molecular weight is 259 g/mol. The molecule has 5 heteroatoms. The zero-order valence-corrected chi connectivity index (χ0v) is 10.5. The lowest BCUT2D eigenvalue weighted by Gasteiger charge is -2.31. The second-order valence-corrected chi connectivity index (χ2v) is 4.55. The molecule has 1 aromatic rings. The average Bonchev–Trinajstić information content (AvgIpc) is 2.31. The number of anilines is 1. The van der Waals surface area contributed by atoms with Crippen LogP contribution >= 0.6 is 0 Å². The standard InChI is InChI=1S/C13H16F3NO/c1-9-7-11(13(14,15)16)10(2)12(8-9)17-3-5-18-6-4-17/h7-8H,3-6H2,1-2H3. The van der Waals surface area contributed by atoms with Crippen LogP contribution in [0.1, 0.15) is 16.7 Å². The van der Waals surface area contributed by atoms with Crippen LogP contribution in [0.25, 0.3) is 0 Å². The van der Waals surface area contributed by atoms with E-state index in [9.17, 15) is 13.2 Å². The van der Waals surface area contributed by atoms with Crippen molar-refractivity contribution in [3.63, 3.8) is 0 Å². The molecule has 0 radical (unpaired) electrons.